The molecular formula is C19H15ClN2O3S. The van der Waals surface area contributed by atoms with Gasteiger partial charge in [0.05, 0.1) is 17.2 Å². The summed E-state index contributed by atoms with van der Waals surface area (Å²) < 4.78 is 32.9. The van der Waals surface area contributed by atoms with Crippen molar-refractivity contribution in [2.45, 2.75) is 17.4 Å². The molecule has 7 heteroatoms. The Bertz CT molecular complexity index is 1050. The van der Waals surface area contributed by atoms with E-state index in [1.807, 2.05) is 18.2 Å². The second-order valence-corrected chi connectivity index (χ2v) is 8.06. The van der Waals surface area contributed by atoms with Crippen LogP contribution in [0.3, 0.4) is 0 Å². The third-order valence-corrected chi connectivity index (χ3v) is 6.27. The number of furan rings is 1. The van der Waals surface area contributed by atoms with Crippen LogP contribution in [0.25, 0.3) is 0 Å². The van der Waals surface area contributed by atoms with Crippen molar-refractivity contribution in [3.05, 3.63) is 89.3 Å². The monoisotopic (exact) mass is 386 g/mol. The number of rotatable bonds is 4. The lowest BCUT2D eigenvalue weighted by atomic mass is 10.0. The predicted octanol–water partition coefficient (Wildman–Crippen LogP) is 4.47. The highest BCUT2D eigenvalue weighted by Gasteiger charge is 2.39. The van der Waals surface area contributed by atoms with Gasteiger partial charge in [-0.1, -0.05) is 48.0 Å². The van der Waals surface area contributed by atoms with Gasteiger partial charge in [0.25, 0.3) is 10.0 Å². The Hall–Kier alpha value is -2.57. The smallest absolute Gasteiger partial charge is 0.279 e. The van der Waals surface area contributed by atoms with Crippen LogP contribution in [-0.4, -0.2) is 18.5 Å². The Kier molecular flexibility index (Phi) is 4.30. The van der Waals surface area contributed by atoms with E-state index in [0.717, 1.165) is 4.41 Å². The first kappa shape index (κ1) is 16.9. The molecule has 2 aromatic carbocycles. The largest absolute Gasteiger partial charge is 0.463 e. The summed E-state index contributed by atoms with van der Waals surface area (Å²) in [5, 5.41) is 4.89. The van der Waals surface area contributed by atoms with E-state index in [9.17, 15) is 8.42 Å². The summed E-state index contributed by atoms with van der Waals surface area (Å²) in [6.07, 6.45) is 1.92. The Morgan fingerprint density at radius 2 is 1.73 bits per heavy atom. The van der Waals surface area contributed by atoms with Gasteiger partial charge in [0.1, 0.15) is 11.5 Å². The molecule has 3 aromatic rings. The molecule has 0 amide bonds. The SMILES string of the molecule is O=S(=O)(c1ccccc1)N1N=C(c2ccco2)CC1c1ccccc1Cl. The number of benzene rings is 2. The summed E-state index contributed by atoms with van der Waals surface area (Å²) in [5.74, 6) is 0.549. The molecule has 0 saturated carbocycles. The van der Waals surface area contributed by atoms with E-state index in [4.69, 9.17) is 16.0 Å². The third kappa shape index (κ3) is 2.91. The van der Waals surface area contributed by atoms with E-state index < -0.39 is 16.1 Å². The predicted molar refractivity (Wildman–Crippen MR) is 99.5 cm³/mol. The fraction of sp³-hybridized carbons (Fsp3) is 0.105. The molecule has 0 saturated heterocycles. The van der Waals surface area contributed by atoms with Gasteiger partial charge in [0.15, 0.2) is 0 Å². The number of halogens is 1. The van der Waals surface area contributed by atoms with Crippen LogP contribution in [-0.2, 0) is 10.0 Å². The highest BCUT2D eigenvalue weighted by Crippen LogP contribution is 2.39. The summed E-state index contributed by atoms with van der Waals surface area (Å²) in [6.45, 7) is 0. The fourth-order valence-corrected chi connectivity index (χ4v) is 4.69. The van der Waals surface area contributed by atoms with Crippen molar-refractivity contribution in [3.8, 4) is 0 Å². The summed E-state index contributed by atoms with van der Waals surface area (Å²) >= 11 is 6.34. The number of hydrogen-bond donors (Lipinski definition) is 0. The maximum atomic E-state index is 13.2. The van der Waals surface area contributed by atoms with Crippen LogP contribution in [0.15, 0.2) is 87.4 Å². The normalized spacial score (nSPS) is 17.3. The molecule has 2 heterocycles. The van der Waals surface area contributed by atoms with Gasteiger partial charge in [-0.05, 0) is 35.9 Å². The minimum Gasteiger partial charge on any atom is -0.463 e. The molecule has 26 heavy (non-hydrogen) atoms. The second kappa shape index (κ2) is 6.63. The number of sulfonamides is 1. The molecule has 1 aromatic heterocycles. The molecule has 0 radical (unpaired) electrons. The molecule has 1 unspecified atom stereocenters. The molecule has 0 bridgehead atoms. The van der Waals surface area contributed by atoms with E-state index in [1.54, 1.807) is 48.5 Å². The van der Waals surface area contributed by atoms with Crippen molar-refractivity contribution in [3.63, 3.8) is 0 Å². The molecule has 4 rings (SSSR count). The van der Waals surface area contributed by atoms with Crippen molar-refractivity contribution in [2.24, 2.45) is 5.10 Å². The van der Waals surface area contributed by atoms with Gasteiger partial charge in [-0.15, -0.1) is 0 Å². The zero-order valence-electron chi connectivity index (χ0n) is 13.6. The molecule has 0 spiro atoms. The van der Waals surface area contributed by atoms with Crippen LogP contribution in [0.4, 0.5) is 0 Å². The number of hydrazone groups is 1. The van der Waals surface area contributed by atoms with Gasteiger partial charge in [0, 0.05) is 11.4 Å². The maximum Gasteiger partial charge on any atom is 0.279 e. The lowest BCUT2D eigenvalue weighted by Gasteiger charge is -2.24. The zero-order valence-corrected chi connectivity index (χ0v) is 15.2. The molecule has 1 aliphatic rings. The summed E-state index contributed by atoms with van der Waals surface area (Å²) in [7, 11) is -3.83. The topological polar surface area (TPSA) is 62.9 Å². The highest BCUT2D eigenvalue weighted by molar-refractivity contribution is 7.89. The average Bonchev–Trinajstić information content (AvgIpc) is 3.33. The number of hydrogen-bond acceptors (Lipinski definition) is 4. The standard InChI is InChI=1S/C19H15ClN2O3S/c20-16-10-5-4-9-15(16)18-13-17(19-11-6-12-25-19)21-22(18)26(23,24)14-7-2-1-3-8-14/h1-12,18H,13H2. The van der Waals surface area contributed by atoms with Gasteiger partial charge in [-0.25, -0.2) is 0 Å². The maximum absolute atomic E-state index is 13.2. The lowest BCUT2D eigenvalue weighted by molar-refractivity contribution is 0.371. The van der Waals surface area contributed by atoms with Crippen molar-refractivity contribution in [1.82, 2.24) is 4.41 Å². The minimum atomic E-state index is -3.83. The third-order valence-electron chi connectivity index (χ3n) is 4.23. The zero-order chi connectivity index (χ0) is 18.1. The van der Waals surface area contributed by atoms with Gasteiger partial charge in [-0.2, -0.15) is 17.9 Å². The molecule has 0 N–H and O–H groups in total. The first-order valence-electron chi connectivity index (χ1n) is 8.02. The van der Waals surface area contributed by atoms with Crippen molar-refractivity contribution in [1.29, 1.82) is 0 Å². The molecule has 0 aliphatic carbocycles. The van der Waals surface area contributed by atoms with Gasteiger partial charge in [0.2, 0.25) is 0 Å². The average molecular weight is 387 g/mol. The summed E-state index contributed by atoms with van der Waals surface area (Å²) in [5.41, 5.74) is 1.28. The quantitative estimate of drug-likeness (QED) is 0.664. The van der Waals surface area contributed by atoms with Gasteiger partial charge < -0.3 is 4.42 Å². The van der Waals surface area contributed by atoms with Crippen LogP contribution < -0.4 is 0 Å². The van der Waals surface area contributed by atoms with E-state index >= 15 is 0 Å². The molecule has 132 valence electrons. The second-order valence-electron chi connectivity index (χ2n) is 5.86. The Morgan fingerprint density at radius 1 is 1.00 bits per heavy atom. The molecular weight excluding hydrogens is 372 g/mol. The molecule has 1 atom stereocenters. The first-order valence-corrected chi connectivity index (χ1v) is 9.84. The van der Waals surface area contributed by atoms with Crippen molar-refractivity contribution < 1.29 is 12.8 Å². The fourth-order valence-electron chi connectivity index (χ4n) is 2.98. The van der Waals surface area contributed by atoms with Gasteiger partial charge in [-0.3, -0.25) is 0 Å². The summed E-state index contributed by atoms with van der Waals surface area (Å²) in [4.78, 5) is 0.182. The van der Waals surface area contributed by atoms with Crippen LogP contribution in [0.2, 0.25) is 5.02 Å². The van der Waals surface area contributed by atoms with Gasteiger partial charge >= 0.3 is 0 Å². The lowest BCUT2D eigenvalue weighted by Crippen LogP contribution is -2.27. The van der Waals surface area contributed by atoms with Crippen molar-refractivity contribution in [2.75, 3.05) is 0 Å². The Labute approximate surface area is 156 Å². The van der Waals surface area contributed by atoms with E-state index in [2.05, 4.69) is 5.10 Å². The van der Waals surface area contributed by atoms with Crippen LogP contribution in [0, 0.1) is 0 Å². The molecule has 1 aliphatic heterocycles. The summed E-state index contributed by atoms with van der Waals surface area (Å²) in [6, 6.07) is 18.4. The van der Waals surface area contributed by atoms with E-state index in [1.165, 1.54) is 6.26 Å². The minimum absolute atomic E-state index is 0.182. The van der Waals surface area contributed by atoms with Crippen LogP contribution in [0.1, 0.15) is 23.8 Å². The Balaban J connectivity index is 1.83. The van der Waals surface area contributed by atoms with Crippen LogP contribution >= 0.6 is 11.6 Å². The molecule has 5 nitrogen and oxygen atoms in total. The Morgan fingerprint density at radius 3 is 2.42 bits per heavy atom. The van der Waals surface area contributed by atoms with Crippen LogP contribution in [0.5, 0.6) is 0 Å². The van der Waals surface area contributed by atoms with E-state index in [-0.39, 0.29) is 4.90 Å². The highest BCUT2D eigenvalue weighted by atomic mass is 35.5. The molecule has 0 fully saturated rings. The number of nitrogens with zero attached hydrogens (tertiary/aromatic N) is 2. The van der Waals surface area contributed by atoms with Crippen molar-refractivity contribution >= 4 is 27.3 Å². The van der Waals surface area contributed by atoms with E-state index in [0.29, 0.717) is 28.5 Å². The first-order chi connectivity index (χ1) is 12.6.